The number of aliphatic carboxylic acids is 1. The molecule has 2 aliphatic rings. The molecule has 2 fully saturated rings. The Bertz CT molecular complexity index is 235. The van der Waals surface area contributed by atoms with Crippen molar-refractivity contribution in [2.75, 3.05) is 5.75 Å². The second kappa shape index (κ2) is 2.65. The topological polar surface area (TPSA) is 57.6 Å². The van der Waals surface area contributed by atoms with Gasteiger partial charge >= 0.3 is 5.97 Å². The second-order valence-corrected chi connectivity index (χ2v) is 4.26. The predicted octanol–water partition coefficient (Wildman–Crippen LogP) is 0.135. The smallest absolute Gasteiger partial charge is 0.326 e. The van der Waals surface area contributed by atoms with E-state index in [1.54, 1.807) is 11.8 Å². The van der Waals surface area contributed by atoms with Gasteiger partial charge in [-0.3, -0.25) is 4.79 Å². The summed E-state index contributed by atoms with van der Waals surface area (Å²) in [7, 11) is 0. The average Bonchev–Trinajstić information content (AvgIpc) is 2.01. The molecule has 4 nitrogen and oxygen atoms in total. The van der Waals surface area contributed by atoms with Crippen LogP contribution in [-0.4, -0.2) is 39.1 Å². The summed E-state index contributed by atoms with van der Waals surface area (Å²) in [6.45, 7) is 0. The summed E-state index contributed by atoms with van der Waals surface area (Å²) in [6, 6.07) is -0.558. The summed E-state index contributed by atoms with van der Waals surface area (Å²) in [6.07, 6.45) is 1.11. The maximum atomic E-state index is 11.0. The number of amides is 1. The van der Waals surface area contributed by atoms with E-state index in [1.807, 2.05) is 0 Å². The molecule has 5 heteroatoms. The van der Waals surface area contributed by atoms with E-state index in [9.17, 15) is 9.59 Å². The van der Waals surface area contributed by atoms with E-state index in [2.05, 4.69) is 0 Å². The number of fused-ring (bicyclic) bond motifs is 1. The Hall–Kier alpha value is -0.710. The van der Waals surface area contributed by atoms with Crippen LogP contribution < -0.4 is 0 Å². The van der Waals surface area contributed by atoms with Gasteiger partial charge in [-0.15, -0.1) is 11.8 Å². The van der Waals surface area contributed by atoms with Crippen molar-refractivity contribution in [2.45, 2.75) is 24.3 Å². The van der Waals surface area contributed by atoms with Crippen LogP contribution in [0.5, 0.6) is 0 Å². The third-order valence-corrected chi connectivity index (χ3v) is 3.52. The molecule has 0 aliphatic carbocycles. The standard InChI is InChI=1S/C7H9NO3S/c9-5-3-6-8(5)4(7(10)11)1-2-12-6/h4,6H,1-3H2,(H,10,11). The average molecular weight is 187 g/mol. The number of thioether (sulfide) groups is 1. The minimum absolute atomic E-state index is 0.0143. The van der Waals surface area contributed by atoms with Gasteiger partial charge in [0.15, 0.2) is 0 Å². The van der Waals surface area contributed by atoms with Crippen LogP contribution in [0, 0.1) is 0 Å². The zero-order valence-electron chi connectivity index (χ0n) is 6.40. The molecule has 0 spiro atoms. The first-order valence-corrected chi connectivity index (χ1v) is 4.90. The van der Waals surface area contributed by atoms with Crippen molar-refractivity contribution in [3.63, 3.8) is 0 Å². The minimum atomic E-state index is -0.867. The van der Waals surface area contributed by atoms with Gasteiger partial charge in [-0.1, -0.05) is 0 Å². The fourth-order valence-electron chi connectivity index (χ4n) is 1.61. The van der Waals surface area contributed by atoms with Gasteiger partial charge in [-0.2, -0.15) is 0 Å². The largest absolute Gasteiger partial charge is 0.480 e. The first kappa shape index (κ1) is 7.91. The molecule has 1 amide bonds. The van der Waals surface area contributed by atoms with E-state index in [4.69, 9.17) is 5.11 Å². The van der Waals surface area contributed by atoms with Gasteiger partial charge in [-0.25, -0.2) is 4.79 Å². The molecule has 66 valence electrons. The second-order valence-electron chi connectivity index (χ2n) is 2.97. The molecule has 12 heavy (non-hydrogen) atoms. The Morgan fingerprint density at radius 1 is 1.67 bits per heavy atom. The number of β-lactam (4-membered cyclic amide) rings is 1. The molecule has 0 aromatic carbocycles. The van der Waals surface area contributed by atoms with Crippen molar-refractivity contribution < 1.29 is 14.7 Å². The number of hydrogen-bond acceptors (Lipinski definition) is 3. The molecule has 0 aromatic heterocycles. The maximum Gasteiger partial charge on any atom is 0.326 e. The normalized spacial score (nSPS) is 34.0. The highest BCUT2D eigenvalue weighted by Crippen LogP contribution is 2.37. The number of carboxylic acids is 1. The highest BCUT2D eigenvalue weighted by molar-refractivity contribution is 8.00. The van der Waals surface area contributed by atoms with E-state index in [0.29, 0.717) is 12.8 Å². The Morgan fingerprint density at radius 2 is 2.42 bits per heavy atom. The molecule has 2 aliphatic heterocycles. The molecule has 2 saturated heterocycles. The van der Waals surface area contributed by atoms with Gasteiger partial charge in [-0.05, 0) is 12.2 Å². The molecule has 2 unspecified atom stereocenters. The molecular formula is C7H9NO3S. The molecule has 2 rings (SSSR count). The van der Waals surface area contributed by atoms with Gasteiger partial charge in [0, 0.05) is 0 Å². The van der Waals surface area contributed by atoms with E-state index in [-0.39, 0.29) is 11.3 Å². The number of carbonyl (C=O) groups is 2. The Balaban J connectivity index is 2.12. The maximum absolute atomic E-state index is 11.0. The number of hydrogen-bond donors (Lipinski definition) is 1. The lowest BCUT2D eigenvalue weighted by atomic mass is 10.1. The number of carboxylic acid groups (broad SMARTS) is 1. The van der Waals surface area contributed by atoms with E-state index >= 15 is 0 Å². The fourth-order valence-corrected chi connectivity index (χ4v) is 2.93. The van der Waals surface area contributed by atoms with Gasteiger partial charge in [0.05, 0.1) is 11.8 Å². The van der Waals surface area contributed by atoms with Crippen LogP contribution in [0.1, 0.15) is 12.8 Å². The highest BCUT2D eigenvalue weighted by atomic mass is 32.2. The van der Waals surface area contributed by atoms with Crippen molar-refractivity contribution in [1.82, 2.24) is 4.90 Å². The molecule has 1 N–H and O–H groups in total. The van der Waals surface area contributed by atoms with Gasteiger partial charge in [0.2, 0.25) is 5.91 Å². The lowest BCUT2D eigenvalue weighted by Crippen LogP contribution is -2.60. The zero-order valence-corrected chi connectivity index (χ0v) is 7.21. The Labute approximate surface area is 73.9 Å². The summed E-state index contributed by atoms with van der Waals surface area (Å²) in [5.41, 5.74) is 0. The van der Waals surface area contributed by atoms with Crippen molar-refractivity contribution in [2.24, 2.45) is 0 Å². The van der Waals surface area contributed by atoms with Gasteiger partial charge in [0.1, 0.15) is 6.04 Å². The van der Waals surface area contributed by atoms with Crippen LogP contribution in [-0.2, 0) is 9.59 Å². The quantitative estimate of drug-likeness (QED) is 0.593. The molecule has 0 aromatic rings. The minimum Gasteiger partial charge on any atom is -0.480 e. The van der Waals surface area contributed by atoms with Crippen molar-refractivity contribution in [1.29, 1.82) is 0 Å². The van der Waals surface area contributed by atoms with Crippen LogP contribution in [0.4, 0.5) is 0 Å². The predicted molar refractivity (Wildman–Crippen MR) is 43.7 cm³/mol. The summed E-state index contributed by atoms with van der Waals surface area (Å²) >= 11 is 1.68. The van der Waals surface area contributed by atoms with Crippen molar-refractivity contribution in [3.8, 4) is 0 Å². The Kier molecular flexibility index (Phi) is 1.75. The number of nitrogens with zero attached hydrogens (tertiary/aromatic N) is 1. The number of rotatable bonds is 1. The fraction of sp³-hybridized carbons (Fsp3) is 0.714. The van der Waals surface area contributed by atoms with Crippen LogP contribution >= 0.6 is 11.8 Å². The van der Waals surface area contributed by atoms with Crippen molar-refractivity contribution >= 4 is 23.6 Å². The molecule has 0 bridgehead atoms. The lowest BCUT2D eigenvalue weighted by molar-refractivity contribution is -0.158. The van der Waals surface area contributed by atoms with Crippen LogP contribution in [0.3, 0.4) is 0 Å². The molecule has 0 saturated carbocycles. The van der Waals surface area contributed by atoms with Crippen LogP contribution in [0.25, 0.3) is 0 Å². The van der Waals surface area contributed by atoms with Gasteiger partial charge in [0.25, 0.3) is 0 Å². The SMILES string of the molecule is O=C(O)C1CCSC2CC(=O)N21. The Morgan fingerprint density at radius 3 is 2.92 bits per heavy atom. The first-order valence-electron chi connectivity index (χ1n) is 3.85. The summed E-state index contributed by atoms with van der Waals surface area (Å²) in [5.74, 6) is -0.0289. The summed E-state index contributed by atoms with van der Waals surface area (Å²) in [5, 5.41) is 8.92. The van der Waals surface area contributed by atoms with Gasteiger partial charge < -0.3 is 10.0 Å². The van der Waals surface area contributed by atoms with Crippen molar-refractivity contribution in [3.05, 3.63) is 0 Å². The monoisotopic (exact) mass is 187 g/mol. The van der Waals surface area contributed by atoms with E-state index in [1.165, 1.54) is 4.90 Å². The molecule has 2 atom stereocenters. The zero-order chi connectivity index (χ0) is 8.72. The number of carbonyl (C=O) groups excluding carboxylic acids is 1. The highest BCUT2D eigenvalue weighted by Gasteiger charge is 2.46. The summed E-state index contributed by atoms with van der Waals surface area (Å²) < 4.78 is 0. The molecule has 0 radical (unpaired) electrons. The third-order valence-electron chi connectivity index (χ3n) is 2.27. The van der Waals surface area contributed by atoms with E-state index < -0.39 is 12.0 Å². The van der Waals surface area contributed by atoms with Crippen LogP contribution in [0.15, 0.2) is 0 Å². The molecular weight excluding hydrogens is 178 g/mol. The lowest BCUT2D eigenvalue weighted by Gasteiger charge is -2.46. The first-order chi connectivity index (χ1) is 5.70. The molecule has 2 heterocycles. The summed E-state index contributed by atoms with van der Waals surface area (Å²) in [4.78, 5) is 23.2. The third kappa shape index (κ3) is 0.998. The van der Waals surface area contributed by atoms with Crippen LogP contribution in [0.2, 0.25) is 0 Å². The van der Waals surface area contributed by atoms with E-state index in [0.717, 1.165) is 5.75 Å².